The summed E-state index contributed by atoms with van der Waals surface area (Å²) in [5.41, 5.74) is 0.596. The Morgan fingerprint density at radius 3 is 2.50 bits per heavy atom. The topological polar surface area (TPSA) is 15.3 Å². The molecule has 2 heteroatoms. The molecule has 0 aromatic carbocycles. The molecule has 20 heavy (non-hydrogen) atoms. The summed E-state index contributed by atoms with van der Waals surface area (Å²) < 4.78 is 0. The van der Waals surface area contributed by atoms with Crippen LogP contribution in [0, 0.1) is 17.3 Å². The Hall–Kier alpha value is -0.0800. The van der Waals surface area contributed by atoms with Crippen LogP contribution in [0.5, 0.6) is 0 Å². The lowest BCUT2D eigenvalue weighted by atomic mass is 9.75. The van der Waals surface area contributed by atoms with Crippen molar-refractivity contribution in [2.24, 2.45) is 17.3 Å². The Kier molecular flexibility index (Phi) is 5.92. The Morgan fingerprint density at radius 1 is 1.20 bits per heavy atom. The number of hydrogen-bond acceptors (Lipinski definition) is 2. The highest BCUT2D eigenvalue weighted by atomic mass is 15.1. The molecule has 2 nitrogen and oxygen atoms in total. The Bertz CT molecular complexity index is 271. The molecule has 2 fully saturated rings. The van der Waals surface area contributed by atoms with Gasteiger partial charge in [0.1, 0.15) is 0 Å². The van der Waals surface area contributed by atoms with E-state index in [1.54, 1.807) is 0 Å². The zero-order valence-corrected chi connectivity index (χ0v) is 14.3. The first kappa shape index (κ1) is 16.3. The van der Waals surface area contributed by atoms with Gasteiger partial charge in [-0.1, -0.05) is 20.8 Å². The predicted molar refractivity (Wildman–Crippen MR) is 88.0 cm³/mol. The third-order valence-corrected chi connectivity index (χ3v) is 6.01. The van der Waals surface area contributed by atoms with Crippen LogP contribution in [0.2, 0.25) is 0 Å². The second-order valence-electron chi connectivity index (χ2n) is 8.25. The average molecular weight is 280 g/mol. The summed E-state index contributed by atoms with van der Waals surface area (Å²) >= 11 is 0. The summed E-state index contributed by atoms with van der Waals surface area (Å²) in [6.45, 7) is 11.1. The lowest BCUT2D eigenvalue weighted by molar-refractivity contribution is 0.118. The minimum Gasteiger partial charge on any atom is -0.316 e. The van der Waals surface area contributed by atoms with Crippen molar-refractivity contribution in [1.82, 2.24) is 10.2 Å². The average Bonchev–Trinajstić information content (AvgIpc) is 2.45. The Balaban J connectivity index is 1.68. The molecule has 2 aliphatic rings. The highest BCUT2D eigenvalue weighted by Gasteiger charge is 2.29. The van der Waals surface area contributed by atoms with Gasteiger partial charge in [-0.2, -0.15) is 0 Å². The highest BCUT2D eigenvalue weighted by Crippen LogP contribution is 2.36. The molecule has 1 aliphatic heterocycles. The molecular weight excluding hydrogens is 244 g/mol. The third kappa shape index (κ3) is 4.73. The van der Waals surface area contributed by atoms with Gasteiger partial charge < -0.3 is 10.2 Å². The van der Waals surface area contributed by atoms with Gasteiger partial charge >= 0.3 is 0 Å². The molecule has 2 unspecified atom stereocenters. The molecule has 1 N–H and O–H groups in total. The largest absolute Gasteiger partial charge is 0.316 e. The number of nitrogens with one attached hydrogen (secondary N) is 1. The molecule has 1 aliphatic carbocycles. The van der Waals surface area contributed by atoms with Crippen molar-refractivity contribution in [2.75, 3.05) is 26.7 Å². The van der Waals surface area contributed by atoms with Gasteiger partial charge in [0.2, 0.25) is 0 Å². The summed E-state index contributed by atoms with van der Waals surface area (Å²) in [6, 6.07) is 0.847. The summed E-state index contributed by atoms with van der Waals surface area (Å²) in [6.07, 6.45) is 9.82. The van der Waals surface area contributed by atoms with E-state index in [9.17, 15) is 0 Å². The quantitative estimate of drug-likeness (QED) is 0.821. The van der Waals surface area contributed by atoms with E-state index in [1.165, 1.54) is 64.6 Å². The van der Waals surface area contributed by atoms with Gasteiger partial charge in [-0.3, -0.25) is 0 Å². The van der Waals surface area contributed by atoms with Crippen molar-refractivity contribution in [3.8, 4) is 0 Å². The normalized spacial score (nSPS) is 29.6. The van der Waals surface area contributed by atoms with Crippen LogP contribution in [0.4, 0.5) is 0 Å². The first-order valence-corrected chi connectivity index (χ1v) is 8.89. The SMILES string of the molecule is CC(CCN(C)C1CCC(C)(C)CC1)C1CCCNC1. The van der Waals surface area contributed by atoms with E-state index in [-0.39, 0.29) is 0 Å². The van der Waals surface area contributed by atoms with Gasteiger partial charge in [0, 0.05) is 6.04 Å². The number of hydrogen-bond donors (Lipinski definition) is 1. The van der Waals surface area contributed by atoms with Crippen molar-refractivity contribution in [2.45, 2.75) is 71.8 Å². The van der Waals surface area contributed by atoms with Gasteiger partial charge in [-0.15, -0.1) is 0 Å². The third-order valence-electron chi connectivity index (χ3n) is 6.01. The molecule has 0 amide bonds. The summed E-state index contributed by atoms with van der Waals surface area (Å²) in [5, 5.41) is 3.56. The predicted octanol–water partition coefficient (Wildman–Crippen LogP) is 3.91. The smallest absolute Gasteiger partial charge is 0.00926 e. The fourth-order valence-corrected chi connectivity index (χ4v) is 4.01. The molecule has 2 atom stereocenters. The summed E-state index contributed by atoms with van der Waals surface area (Å²) in [5.74, 6) is 1.80. The van der Waals surface area contributed by atoms with Crippen molar-refractivity contribution in [3.05, 3.63) is 0 Å². The highest BCUT2D eigenvalue weighted by molar-refractivity contribution is 4.83. The fourth-order valence-electron chi connectivity index (χ4n) is 4.01. The fraction of sp³-hybridized carbons (Fsp3) is 1.00. The molecule has 0 aromatic rings. The molecule has 2 rings (SSSR count). The first-order valence-electron chi connectivity index (χ1n) is 8.89. The Labute approximate surface area is 126 Å². The summed E-state index contributed by atoms with van der Waals surface area (Å²) in [4.78, 5) is 2.65. The molecule has 0 radical (unpaired) electrons. The van der Waals surface area contributed by atoms with Crippen LogP contribution >= 0.6 is 0 Å². The Morgan fingerprint density at radius 2 is 1.90 bits per heavy atom. The van der Waals surface area contributed by atoms with E-state index in [0.29, 0.717) is 5.41 Å². The van der Waals surface area contributed by atoms with Crippen molar-refractivity contribution in [1.29, 1.82) is 0 Å². The van der Waals surface area contributed by atoms with Gasteiger partial charge in [-0.05, 0) is 88.9 Å². The number of piperidine rings is 1. The van der Waals surface area contributed by atoms with Gasteiger partial charge in [0.05, 0.1) is 0 Å². The van der Waals surface area contributed by atoms with Crippen LogP contribution in [0.25, 0.3) is 0 Å². The van der Waals surface area contributed by atoms with Crippen molar-refractivity contribution in [3.63, 3.8) is 0 Å². The molecule has 1 heterocycles. The molecule has 0 aromatic heterocycles. The van der Waals surface area contributed by atoms with Crippen LogP contribution in [0.15, 0.2) is 0 Å². The lowest BCUT2D eigenvalue weighted by Crippen LogP contribution is -2.39. The minimum atomic E-state index is 0.596. The van der Waals surface area contributed by atoms with E-state index in [0.717, 1.165) is 17.9 Å². The molecule has 0 bridgehead atoms. The summed E-state index contributed by atoms with van der Waals surface area (Å²) in [7, 11) is 2.36. The van der Waals surface area contributed by atoms with Crippen LogP contribution < -0.4 is 5.32 Å². The van der Waals surface area contributed by atoms with Crippen molar-refractivity contribution >= 4 is 0 Å². The number of rotatable bonds is 5. The van der Waals surface area contributed by atoms with E-state index in [4.69, 9.17) is 0 Å². The molecule has 0 spiro atoms. The van der Waals surface area contributed by atoms with Gasteiger partial charge in [0.25, 0.3) is 0 Å². The molecular formula is C18H36N2. The maximum absolute atomic E-state index is 3.56. The monoisotopic (exact) mass is 280 g/mol. The van der Waals surface area contributed by atoms with Crippen LogP contribution in [0.3, 0.4) is 0 Å². The number of nitrogens with zero attached hydrogens (tertiary/aromatic N) is 1. The zero-order chi connectivity index (χ0) is 14.6. The molecule has 1 saturated heterocycles. The van der Waals surface area contributed by atoms with Gasteiger partial charge in [-0.25, -0.2) is 0 Å². The minimum absolute atomic E-state index is 0.596. The van der Waals surface area contributed by atoms with Crippen LogP contribution in [-0.2, 0) is 0 Å². The lowest BCUT2D eigenvalue weighted by Gasteiger charge is -2.39. The standard InChI is InChI=1S/C18H36N2/c1-15(16-6-5-12-19-14-16)9-13-20(4)17-7-10-18(2,3)11-8-17/h15-17,19H,5-14H2,1-4H3. The van der Waals surface area contributed by atoms with Crippen LogP contribution in [-0.4, -0.2) is 37.6 Å². The van der Waals surface area contributed by atoms with E-state index in [2.05, 4.69) is 38.0 Å². The van der Waals surface area contributed by atoms with Crippen LogP contribution in [0.1, 0.15) is 65.7 Å². The van der Waals surface area contributed by atoms with E-state index < -0.39 is 0 Å². The van der Waals surface area contributed by atoms with Crippen molar-refractivity contribution < 1.29 is 0 Å². The second-order valence-corrected chi connectivity index (χ2v) is 8.25. The maximum atomic E-state index is 3.56. The van der Waals surface area contributed by atoms with Gasteiger partial charge in [0.15, 0.2) is 0 Å². The molecule has 118 valence electrons. The van der Waals surface area contributed by atoms with E-state index >= 15 is 0 Å². The second kappa shape index (κ2) is 7.26. The molecule has 1 saturated carbocycles. The van der Waals surface area contributed by atoms with E-state index in [1.807, 2.05) is 0 Å². The zero-order valence-electron chi connectivity index (χ0n) is 14.3. The maximum Gasteiger partial charge on any atom is 0.00926 e. The first-order chi connectivity index (χ1) is 9.48.